The van der Waals surface area contributed by atoms with E-state index >= 15 is 0 Å². The van der Waals surface area contributed by atoms with Gasteiger partial charge in [-0.15, -0.1) is 11.8 Å². The zero-order valence-corrected chi connectivity index (χ0v) is 16.3. The molecule has 0 aliphatic heterocycles. The van der Waals surface area contributed by atoms with Gasteiger partial charge in [0, 0.05) is 28.5 Å². The molecule has 0 aliphatic carbocycles. The highest BCUT2D eigenvalue weighted by atomic mass is 79.9. The smallest absolute Gasteiger partial charge is 0.247 e. The SMILES string of the molecule is COP(=S)(OC)SCSC(C)(C)c1ccc(Br)cc1. The van der Waals surface area contributed by atoms with Crippen LogP contribution < -0.4 is 0 Å². The van der Waals surface area contributed by atoms with Crippen molar-refractivity contribution in [2.75, 3.05) is 19.3 Å². The second-order valence-electron chi connectivity index (χ2n) is 4.22. The van der Waals surface area contributed by atoms with E-state index in [1.807, 2.05) is 11.8 Å². The van der Waals surface area contributed by atoms with Crippen molar-refractivity contribution in [3.05, 3.63) is 34.3 Å². The first-order valence-electron chi connectivity index (χ1n) is 5.59. The van der Waals surface area contributed by atoms with Crippen LogP contribution in [-0.4, -0.2) is 19.3 Å². The van der Waals surface area contributed by atoms with Crippen molar-refractivity contribution in [2.24, 2.45) is 0 Å². The van der Waals surface area contributed by atoms with Crippen molar-refractivity contribution >= 4 is 56.6 Å². The zero-order chi connectivity index (χ0) is 14.5. The van der Waals surface area contributed by atoms with Crippen LogP contribution in [0.25, 0.3) is 0 Å². The summed E-state index contributed by atoms with van der Waals surface area (Å²) in [6.07, 6.45) is 0. The number of thioether (sulfide) groups is 1. The number of hydrogen-bond donors (Lipinski definition) is 0. The van der Waals surface area contributed by atoms with Gasteiger partial charge >= 0.3 is 0 Å². The van der Waals surface area contributed by atoms with E-state index in [1.54, 1.807) is 25.6 Å². The van der Waals surface area contributed by atoms with Gasteiger partial charge in [0.15, 0.2) is 0 Å². The Balaban J connectivity index is 2.61. The van der Waals surface area contributed by atoms with E-state index in [4.69, 9.17) is 20.9 Å². The predicted molar refractivity (Wildman–Crippen MR) is 95.5 cm³/mol. The fraction of sp³-hybridized carbons (Fsp3) is 0.500. The Morgan fingerprint density at radius 3 is 2.21 bits per heavy atom. The van der Waals surface area contributed by atoms with E-state index in [2.05, 4.69) is 54.0 Å². The third-order valence-electron chi connectivity index (χ3n) is 2.62. The zero-order valence-electron chi connectivity index (χ0n) is 11.4. The Labute approximate surface area is 137 Å². The number of benzene rings is 1. The van der Waals surface area contributed by atoms with Gasteiger partial charge in [-0.2, -0.15) is 0 Å². The van der Waals surface area contributed by atoms with Crippen molar-refractivity contribution in [1.29, 1.82) is 0 Å². The molecule has 0 spiro atoms. The topological polar surface area (TPSA) is 18.5 Å². The van der Waals surface area contributed by atoms with E-state index in [0.717, 1.165) is 9.56 Å². The molecule has 0 aliphatic rings. The second-order valence-corrected chi connectivity index (χ2v) is 13.6. The van der Waals surface area contributed by atoms with Crippen molar-refractivity contribution in [1.82, 2.24) is 0 Å². The standard InChI is InChI=1S/C12H18BrO2PS3/c1-12(2,10-5-7-11(13)8-6-10)18-9-19-16(17,14-3)15-4/h5-8H,9H2,1-4H3. The molecule has 1 aromatic rings. The van der Waals surface area contributed by atoms with Gasteiger partial charge in [0.2, 0.25) is 5.69 Å². The predicted octanol–water partition coefficient (Wildman–Crippen LogP) is 5.63. The third kappa shape index (κ3) is 5.70. The molecule has 0 heterocycles. The van der Waals surface area contributed by atoms with Gasteiger partial charge in [0.05, 0.1) is 0 Å². The molecule has 0 radical (unpaired) electrons. The molecule has 0 N–H and O–H groups in total. The number of rotatable bonds is 7. The van der Waals surface area contributed by atoms with Crippen molar-refractivity contribution in [3.8, 4) is 0 Å². The van der Waals surface area contributed by atoms with Crippen LogP contribution in [0, 0.1) is 0 Å². The summed E-state index contributed by atoms with van der Waals surface area (Å²) in [5.41, 5.74) is -0.849. The van der Waals surface area contributed by atoms with Gasteiger partial charge in [0.25, 0.3) is 0 Å². The lowest BCUT2D eigenvalue weighted by Gasteiger charge is -2.26. The lowest BCUT2D eigenvalue weighted by molar-refractivity contribution is 0.354. The summed E-state index contributed by atoms with van der Waals surface area (Å²) in [4.78, 5) is 0. The maximum absolute atomic E-state index is 5.34. The van der Waals surface area contributed by atoms with Crippen LogP contribution in [0.3, 0.4) is 0 Å². The monoisotopic (exact) mass is 400 g/mol. The van der Waals surface area contributed by atoms with E-state index in [9.17, 15) is 0 Å². The maximum Gasteiger partial charge on any atom is 0.247 e. The molecule has 108 valence electrons. The summed E-state index contributed by atoms with van der Waals surface area (Å²) in [7, 11) is 3.23. The Morgan fingerprint density at radius 1 is 1.21 bits per heavy atom. The largest absolute Gasteiger partial charge is 0.325 e. The second kappa shape index (κ2) is 7.83. The van der Waals surface area contributed by atoms with Crippen molar-refractivity contribution in [3.63, 3.8) is 0 Å². The highest BCUT2D eigenvalue weighted by molar-refractivity contribution is 9.10. The molecule has 0 saturated carbocycles. The van der Waals surface area contributed by atoms with Crippen LogP contribution >= 0.6 is 44.8 Å². The van der Waals surface area contributed by atoms with Crippen LogP contribution in [0.2, 0.25) is 0 Å². The van der Waals surface area contributed by atoms with Crippen LogP contribution in [0.4, 0.5) is 0 Å². The highest BCUT2D eigenvalue weighted by Gasteiger charge is 2.23. The molecular weight excluding hydrogens is 383 g/mol. The van der Waals surface area contributed by atoms with Crippen molar-refractivity contribution < 1.29 is 9.05 Å². The molecule has 0 fully saturated rings. The first-order chi connectivity index (χ1) is 8.83. The number of hydrogen-bond acceptors (Lipinski definition) is 5. The summed E-state index contributed by atoms with van der Waals surface area (Å²) in [6, 6.07) is 8.42. The van der Waals surface area contributed by atoms with E-state index in [-0.39, 0.29) is 4.75 Å². The Morgan fingerprint density at radius 2 is 1.74 bits per heavy atom. The van der Waals surface area contributed by atoms with Gasteiger partial charge in [-0.3, -0.25) is 0 Å². The maximum atomic E-state index is 5.34. The fourth-order valence-corrected chi connectivity index (χ4v) is 7.62. The number of halogens is 1. The summed E-state index contributed by atoms with van der Waals surface area (Å²) < 4.78 is 11.7. The van der Waals surface area contributed by atoms with Crippen LogP contribution in [0.5, 0.6) is 0 Å². The van der Waals surface area contributed by atoms with E-state index < -0.39 is 5.69 Å². The summed E-state index contributed by atoms with van der Waals surface area (Å²) in [5, 5.41) is 0.849. The van der Waals surface area contributed by atoms with Gasteiger partial charge in [-0.25, -0.2) is 0 Å². The highest BCUT2D eigenvalue weighted by Crippen LogP contribution is 2.61. The Hall–Kier alpha value is 0.970. The first kappa shape index (κ1) is 18.0. The molecular formula is C12H18BrO2PS3. The minimum Gasteiger partial charge on any atom is -0.325 e. The lowest BCUT2D eigenvalue weighted by atomic mass is 10.0. The summed E-state index contributed by atoms with van der Waals surface area (Å²) in [5.74, 6) is 0. The van der Waals surface area contributed by atoms with Crippen LogP contribution in [0.1, 0.15) is 19.4 Å². The Bertz CT molecular complexity index is 443. The van der Waals surface area contributed by atoms with E-state index in [1.165, 1.54) is 5.56 Å². The molecule has 1 rings (SSSR count). The molecule has 0 atom stereocenters. The molecule has 19 heavy (non-hydrogen) atoms. The fourth-order valence-electron chi connectivity index (χ4n) is 1.35. The minimum atomic E-state index is -2.14. The third-order valence-corrected chi connectivity index (χ3v) is 10.8. The summed E-state index contributed by atoms with van der Waals surface area (Å²) >= 11 is 12.2. The molecule has 1 aromatic carbocycles. The quantitative estimate of drug-likeness (QED) is 0.434. The molecule has 7 heteroatoms. The van der Waals surface area contributed by atoms with Crippen LogP contribution in [-0.2, 0) is 25.6 Å². The van der Waals surface area contributed by atoms with E-state index in [0.29, 0.717) is 0 Å². The average Bonchev–Trinajstić information content (AvgIpc) is 2.39. The van der Waals surface area contributed by atoms with Gasteiger partial charge in [-0.1, -0.05) is 39.4 Å². The molecule has 0 unspecified atom stereocenters. The molecule has 0 aromatic heterocycles. The van der Waals surface area contributed by atoms with Crippen molar-refractivity contribution in [2.45, 2.75) is 18.6 Å². The molecule has 2 nitrogen and oxygen atoms in total. The molecule has 0 saturated heterocycles. The Kier molecular flexibility index (Phi) is 7.43. The van der Waals surface area contributed by atoms with Gasteiger partial charge in [-0.05, 0) is 43.4 Å². The first-order valence-corrected chi connectivity index (χ1v) is 11.6. The lowest BCUT2D eigenvalue weighted by Crippen LogP contribution is -2.12. The normalized spacial score (nSPS) is 12.7. The van der Waals surface area contributed by atoms with Crippen LogP contribution in [0.15, 0.2) is 28.7 Å². The van der Waals surface area contributed by atoms with Gasteiger partial charge < -0.3 is 9.05 Å². The molecule has 0 bridgehead atoms. The summed E-state index contributed by atoms with van der Waals surface area (Å²) in [6.45, 7) is 4.43. The molecule has 0 amide bonds. The minimum absolute atomic E-state index is 0.0370. The average molecular weight is 401 g/mol. The van der Waals surface area contributed by atoms with Gasteiger partial charge in [0.1, 0.15) is 0 Å².